The van der Waals surface area contributed by atoms with Crippen molar-refractivity contribution in [3.8, 4) is 5.75 Å². The molecule has 0 aromatic heterocycles. The Bertz CT molecular complexity index is 904. The fourth-order valence-corrected chi connectivity index (χ4v) is 3.63. The average molecular weight is 411 g/mol. The number of aryl methyl sites for hydroxylation is 2. The van der Waals surface area contributed by atoms with E-state index in [0.717, 1.165) is 39.1 Å². The van der Waals surface area contributed by atoms with E-state index in [1.807, 2.05) is 85.8 Å². The second-order valence-corrected chi connectivity index (χ2v) is 7.93. The molecular weight excluding hydrogens is 386 g/mol. The number of hydrogen-bond donors (Lipinski definition) is 0. The lowest BCUT2D eigenvalue weighted by atomic mass is 10.1. The molecule has 0 aliphatic rings. The molecule has 0 radical (unpaired) electrons. The van der Waals surface area contributed by atoms with Gasteiger partial charge in [-0.3, -0.25) is 0 Å². The second-order valence-electron chi connectivity index (χ2n) is 6.78. The predicted molar refractivity (Wildman–Crippen MR) is 117 cm³/mol. The molecule has 0 saturated heterocycles. The van der Waals surface area contributed by atoms with E-state index in [0.29, 0.717) is 19.4 Å². The normalized spacial score (nSPS) is 11.7. The molecule has 1 nitrogen and oxygen atoms in total. The third kappa shape index (κ3) is 7.06. The molecule has 0 aliphatic carbocycles. The fraction of sp³-hybridized carbons (Fsp3) is 0.200. The number of rotatable bonds is 9. The molecule has 0 bridgehead atoms. The molecule has 150 valence electrons. The van der Waals surface area contributed by atoms with E-state index in [1.54, 1.807) is 6.08 Å². The highest BCUT2D eigenvalue weighted by Gasteiger charge is 2.12. The minimum Gasteiger partial charge on any atom is -0.489 e. The zero-order chi connectivity index (χ0) is 20.5. The minimum absolute atomic E-state index is 0.108. The van der Waals surface area contributed by atoms with Crippen molar-refractivity contribution in [2.24, 2.45) is 0 Å². The van der Waals surface area contributed by atoms with Gasteiger partial charge in [-0.1, -0.05) is 78.0 Å². The zero-order valence-electron chi connectivity index (χ0n) is 16.4. The van der Waals surface area contributed by atoms with Gasteiger partial charge in [0, 0.05) is 4.90 Å². The lowest BCUT2D eigenvalue weighted by molar-refractivity contribution is 0.199. The fourth-order valence-electron chi connectivity index (χ4n) is 2.79. The van der Waals surface area contributed by atoms with Crippen LogP contribution >= 0.6 is 11.8 Å². The van der Waals surface area contributed by atoms with Crippen molar-refractivity contribution in [3.63, 3.8) is 0 Å². The molecular formula is C25H24F2OS. The molecule has 3 aromatic rings. The maximum atomic E-state index is 13.4. The van der Waals surface area contributed by atoms with E-state index in [4.69, 9.17) is 4.74 Å². The molecule has 0 heterocycles. The van der Waals surface area contributed by atoms with Gasteiger partial charge < -0.3 is 4.74 Å². The van der Waals surface area contributed by atoms with Gasteiger partial charge in [-0.25, -0.2) is 8.78 Å². The topological polar surface area (TPSA) is 9.23 Å². The van der Waals surface area contributed by atoms with Crippen LogP contribution < -0.4 is 4.74 Å². The Morgan fingerprint density at radius 1 is 0.897 bits per heavy atom. The largest absolute Gasteiger partial charge is 0.489 e. The minimum atomic E-state index is -2.46. The molecule has 0 fully saturated rings. The summed E-state index contributed by atoms with van der Waals surface area (Å²) in [6.45, 7) is 2.51. The monoisotopic (exact) mass is 410 g/mol. The summed E-state index contributed by atoms with van der Waals surface area (Å²) in [5.41, 5.74) is 3.34. The first-order valence-electron chi connectivity index (χ1n) is 9.58. The first kappa shape index (κ1) is 21.1. The van der Waals surface area contributed by atoms with Crippen molar-refractivity contribution in [1.29, 1.82) is 0 Å². The standard InChI is InChI=1S/C25H24F2OS/c1-19-10-16-23(17-11-19)29-24(25(26)27)9-5-8-20-12-14-22(15-13-20)28-18-21-6-3-2-4-7-21/h2-4,6-7,9-17,25H,5,8,18H2,1H3/b24-9-. The molecule has 0 spiro atoms. The smallest absolute Gasteiger partial charge is 0.269 e. The summed E-state index contributed by atoms with van der Waals surface area (Å²) in [5.74, 6) is 0.802. The van der Waals surface area contributed by atoms with E-state index in [9.17, 15) is 8.78 Å². The number of hydrogen-bond acceptors (Lipinski definition) is 2. The maximum absolute atomic E-state index is 13.4. The van der Waals surface area contributed by atoms with Crippen LogP contribution in [-0.2, 0) is 13.0 Å². The summed E-state index contributed by atoms with van der Waals surface area (Å²) in [6, 6.07) is 25.5. The van der Waals surface area contributed by atoms with E-state index in [1.165, 1.54) is 0 Å². The number of ether oxygens (including phenoxy) is 1. The molecule has 0 saturated carbocycles. The van der Waals surface area contributed by atoms with Crippen LogP contribution in [0.4, 0.5) is 8.78 Å². The molecule has 0 amide bonds. The molecule has 0 N–H and O–H groups in total. The zero-order valence-corrected chi connectivity index (χ0v) is 17.2. The van der Waals surface area contributed by atoms with E-state index in [2.05, 4.69) is 0 Å². The predicted octanol–water partition coefficient (Wildman–Crippen LogP) is 7.45. The molecule has 3 rings (SSSR count). The lowest BCUT2D eigenvalue weighted by Crippen LogP contribution is -1.95. The van der Waals surface area contributed by atoms with Gasteiger partial charge in [0.2, 0.25) is 0 Å². The third-order valence-electron chi connectivity index (χ3n) is 4.42. The van der Waals surface area contributed by atoms with Crippen molar-refractivity contribution in [1.82, 2.24) is 0 Å². The Balaban J connectivity index is 1.51. The van der Waals surface area contributed by atoms with Gasteiger partial charge in [-0.05, 0) is 55.2 Å². The Morgan fingerprint density at radius 2 is 1.59 bits per heavy atom. The van der Waals surface area contributed by atoms with E-state index in [-0.39, 0.29) is 4.91 Å². The number of benzene rings is 3. The van der Waals surface area contributed by atoms with Gasteiger partial charge >= 0.3 is 0 Å². The molecule has 0 atom stereocenters. The average Bonchev–Trinajstić information content (AvgIpc) is 2.74. The van der Waals surface area contributed by atoms with Crippen molar-refractivity contribution < 1.29 is 13.5 Å². The van der Waals surface area contributed by atoms with E-state index >= 15 is 0 Å². The van der Waals surface area contributed by atoms with Crippen LogP contribution in [0.2, 0.25) is 0 Å². The summed E-state index contributed by atoms with van der Waals surface area (Å²) < 4.78 is 32.5. The third-order valence-corrected chi connectivity index (χ3v) is 5.51. The van der Waals surface area contributed by atoms with Crippen LogP contribution in [0, 0.1) is 6.92 Å². The number of allylic oxidation sites excluding steroid dienone is 2. The Hall–Kier alpha value is -2.59. The Kier molecular flexibility index (Phi) is 7.88. The second kappa shape index (κ2) is 10.8. The molecule has 0 unspecified atom stereocenters. The van der Waals surface area contributed by atoms with Crippen molar-refractivity contribution in [2.45, 2.75) is 37.7 Å². The summed E-state index contributed by atoms with van der Waals surface area (Å²) >= 11 is 1.14. The van der Waals surface area contributed by atoms with Crippen LogP contribution in [0.25, 0.3) is 0 Å². The Labute approximate surface area is 175 Å². The highest BCUT2D eigenvalue weighted by molar-refractivity contribution is 8.03. The number of thioether (sulfide) groups is 1. The first-order chi connectivity index (χ1) is 14.1. The Morgan fingerprint density at radius 3 is 2.24 bits per heavy atom. The molecule has 4 heteroatoms. The highest BCUT2D eigenvalue weighted by Crippen LogP contribution is 2.31. The molecule has 0 aliphatic heterocycles. The quantitative estimate of drug-likeness (QED) is 0.339. The van der Waals surface area contributed by atoms with E-state index < -0.39 is 6.43 Å². The number of halogens is 2. The van der Waals surface area contributed by atoms with Crippen LogP contribution in [0.3, 0.4) is 0 Å². The van der Waals surface area contributed by atoms with Crippen molar-refractivity contribution >= 4 is 11.8 Å². The van der Waals surface area contributed by atoms with Crippen molar-refractivity contribution in [3.05, 3.63) is 107 Å². The highest BCUT2D eigenvalue weighted by atomic mass is 32.2. The van der Waals surface area contributed by atoms with Gasteiger partial charge in [-0.15, -0.1) is 0 Å². The first-order valence-corrected chi connectivity index (χ1v) is 10.4. The van der Waals surface area contributed by atoms with Crippen LogP contribution in [0.5, 0.6) is 5.75 Å². The summed E-state index contributed by atoms with van der Waals surface area (Å²) in [7, 11) is 0. The maximum Gasteiger partial charge on any atom is 0.269 e. The molecule has 3 aromatic carbocycles. The van der Waals surface area contributed by atoms with Crippen LogP contribution in [-0.4, -0.2) is 6.43 Å². The lowest BCUT2D eigenvalue weighted by Gasteiger charge is -2.08. The summed E-state index contributed by atoms with van der Waals surface area (Å²) in [5, 5.41) is 0. The van der Waals surface area contributed by atoms with Crippen molar-refractivity contribution in [2.75, 3.05) is 0 Å². The summed E-state index contributed by atoms with van der Waals surface area (Å²) in [6.07, 6.45) is 0.469. The van der Waals surface area contributed by atoms with Crippen LogP contribution in [0.1, 0.15) is 23.1 Å². The van der Waals surface area contributed by atoms with Gasteiger partial charge in [0.1, 0.15) is 12.4 Å². The van der Waals surface area contributed by atoms with Gasteiger partial charge in [0.25, 0.3) is 6.43 Å². The van der Waals surface area contributed by atoms with Crippen LogP contribution in [0.15, 0.2) is 94.7 Å². The van der Waals surface area contributed by atoms with Gasteiger partial charge in [-0.2, -0.15) is 0 Å². The van der Waals surface area contributed by atoms with Gasteiger partial charge in [0.05, 0.1) is 4.91 Å². The summed E-state index contributed by atoms with van der Waals surface area (Å²) in [4.78, 5) is 0.943. The SMILES string of the molecule is Cc1ccc(S/C(=C\CCc2ccc(OCc3ccccc3)cc2)C(F)F)cc1. The molecule has 29 heavy (non-hydrogen) atoms. The van der Waals surface area contributed by atoms with Gasteiger partial charge in [0.15, 0.2) is 0 Å². The number of alkyl halides is 2.